The van der Waals surface area contributed by atoms with Gasteiger partial charge in [-0.05, 0) is 66.9 Å². The van der Waals surface area contributed by atoms with Crippen molar-refractivity contribution in [2.24, 2.45) is 0 Å². The fourth-order valence-electron chi connectivity index (χ4n) is 4.34. The number of nitrogens with one attached hydrogen (secondary N) is 1. The van der Waals surface area contributed by atoms with Crippen molar-refractivity contribution in [1.29, 1.82) is 0 Å². The molecule has 6 rings (SSSR count). The van der Waals surface area contributed by atoms with Crippen molar-refractivity contribution < 1.29 is 33.0 Å². The van der Waals surface area contributed by atoms with Gasteiger partial charge in [0.05, 0.1) is 28.0 Å². The van der Waals surface area contributed by atoms with Gasteiger partial charge in [0.15, 0.2) is 0 Å². The molecule has 4 heterocycles. The maximum Gasteiger partial charge on any atom is 0.416 e. The summed E-state index contributed by atoms with van der Waals surface area (Å²) in [6.45, 7) is 1.96. The molecule has 0 saturated carbocycles. The molecule has 0 saturated heterocycles. The van der Waals surface area contributed by atoms with Crippen LogP contribution in [0.4, 0.5) is 19.0 Å². The third kappa shape index (κ3) is 6.05. The molecule has 234 valence electrons. The maximum atomic E-state index is 12.7. The first-order valence-electron chi connectivity index (χ1n) is 13.1. The highest BCUT2D eigenvalue weighted by Crippen LogP contribution is 2.30. The van der Waals surface area contributed by atoms with Gasteiger partial charge in [-0.1, -0.05) is 17.7 Å². The van der Waals surface area contributed by atoms with E-state index in [1.165, 1.54) is 28.2 Å². The highest BCUT2D eigenvalue weighted by molar-refractivity contribution is 7.17. The molecule has 3 N–H and O–H groups in total. The molecule has 16 heteroatoms. The van der Waals surface area contributed by atoms with E-state index in [4.69, 9.17) is 5.11 Å². The number of aromatic nitrogens is 5. The third-order valence-corrected chi connectivity index (χ3v) is 7.51. The molecule has 0 spiro atoms. The molecule has 6 aromatic rings. The van der Waals surface area contributed by atoms with Crippen LogP contribution >= 0.6 is 11.3 Å². The number of carboxylic acid groups (broad SMARTS) is 2. The minimum atomic E-state index is -4.51. The molecule has 0 aliphatic rings. The first kappa shape index (κ1) is 31.5. The molecule has 0 atom stereocenters. The van der Waals surface area contributed by atoms with Crippen LogP contribution in [0.1, 0.15) is 32.1 Å². The molecule has 0 bridgehead atoms. The van der Waals surface area contributed by atoms with Gasteiger partial charge in [-0.25, -0.2) is 23.9 Å². The number of benzene rings is 2. The Balaban J connectivity index is 0.000000187. The van der Waals surface area contributed by atoms with E-state index >= 15 is 0 Å². The highest BCUT2D eigenvalue weighted by atomic mass is 32.1. The largest absolute Gasteiger partial charge is 0.476 e. The van der Waals surface area contributed by atoms with Crippen LogP contribution in [-0.4, -0.2) is 53.7 Å². The Morgan fingerprint density at radius 2 is 1.33 bits per heavy atom. The molecule has 2 aromatic carbocycles. The van der Waals surface area contributed by atoms with Gasteiger partial charge in [-0.3, -0.25) is 9.59 Å². The van der Waals surface area contributed by atoms with Gasteiger partial charge < -0.3 is 15.5 Å². The zero-order chi connectivity index (χ0) is 33.3. The lowest BCUT2D eigenvalue weighted by Gasteiger charge is -2.12. The number of hydrogen-bond acceptors (Lipinski definition) is 9. The van der Waals surface area contributed by atoms with Crippen LogP contribution in [-0.2, 0) is 6.18 Å². The van der Waals surface area contributed by atoms with Crippen molar-refractivity contribution in [2.75, 3.05) is 12.4 Å². The number of rotatable bonds is 5. The lowest BCUT2D eigenvalue weighted by molar-refractivity contribution is -0.137. The van der Waals surface area contributed by atoms with Gasteiger partial charge in [0.2, 0.25) is 22.2 Å². The van der Waals surface area contributed by atoms with E-state index in [0.29, 0.717) is 16.0 Å². The summed E-state index contributed by atoms with van der Waals surface area (Å²) in [5, 5.41) is 30.6. The average Bonchev–Trinajstić information content (AvgIpc) is 3.52. The zero-order valence-corrected chi connectivity index (χ0v) is 24.6. The molecule has 46 heavy (non-hydrogen) atoms. The number of nitrogens with zero attached hydrogens (tertiary/aromatic N) is 5. The van der Waals surface area contributed by atoms with Crippen LogP contribution in [0.15, 0.2) is 81.7 Å². The summed E-state index contributed by atoms with van der Waals surface area (Å²) in [7, 11) is 1.57. The first-order valence-corrected chi connectivity index (χ1v) is 14.0. The summed E-state index contributed by atoms with van der Waals surface area (Å²) in [6, 6.07) is 16.2. The van der Waals surface area contributed by atoms with Crippen molar-refractivity contribution in [3.05, 3.63) is 115 Å². The van der Waals surface area contributed by atoms with Crippen LogP contribution in [0, 0.1) is 6.92 Å². The van der Waals surface area contributed by atoms with E-state index in [-0.39, 0.29) is 16.7 Å². The van der Waals surface area contributed by atoms with Gasteiger partial charge in [-0.2, -0.15) is 23.4 Å². The average molecular weight is 651 g/mol. The van der Waals surface area contributed by atoms with Crippen molar-refractivity contribution in [3.8, 4) is 11.4 Å². The molecule has 0 aliphatic carbocycles. The van der Waals surface area contributed by atoms with E-state index in [1.807, 2.05) is 31.2 Å². The van der Waals surface area contributed by atoms with Gasteiger partial charge >= 0.3 is 18.1 Å². The lowest BCUT2D eigenvalue weighted by atomic mass is 10.2. The second kappa shape index (κ2) is 12.2. The smallest absolute Gasteiger partial charge is 0.416 e. The normalized spacial score (nSPS) is 11.2. The van der Waals surface area contributed by atoms with E-state index in [1.54, 1.807) is 18.5 Å². The number of halogens is 3. The lowest BCUT2D eigenvalue weighted by Crippen LogP contribution is -2.23. The topological polar surface area (TPSA) is 169 Å². The summed E-state index contributed by atoms with van der Waals surface area (Å²) in [6.07, 6.45) is -4.51. The van der Waals surface area contributed by atoms with Gasteiger partial charge in [-0.15, -0.1) is 11.3 Å². The predicted octanol–water partition coefficient (Wildman–Crippen LogP) is 4.99. The second-order valence-electron chi connectivity index (χ2n) is 9.62. The fraction of sp³-hybridized carbons (Fsp3) is 0.100. The summed E-state index contributed by atoms with van der Waals surface area (Å²) in [4.78, 5) is 50.9. The minimum absolute atomic E-state index is 0.157. The Hall–Kier alpha value is -5.90. The molecule has 0 amide bonds. The van der Waals surface area contributed by atoms with Crippen molar-refractivity contribution in [3.63, 3.8) is 0 Å². The Morgan fingerprint density at radius 3 is 1.87 bits per heavy atom. The fourth-order valence-corrected chi connectivity index (χ4v) is 5.15. The number of thiophene rings is 1. The Morgan fingerprint density at radius 1 is 0.783 bits per heavy atom. The molecule has 0 aliphatic heterocycles. The quantitative estimate of drug-likeness (QED) is 0.231. The molecule has 0 radical (unpaired) electrons. The van der Waals surface area contributed by atoms with Crippen LogP contribution in [0.2, 0.25) is 0 Å². The zero-order valence-electron chi connectivity index (χ0n) is 23.7. The Kier molecular flexibility index (Phi) is 8.39. The van der Waals surface area contributed by atoms with E-state index in [2.05, 4.69) is 20.5 Å². The Bertz CT molecular complexity index is 2240. The molecule has 0 fully saturated rings. The number of anilines is 1. The maximum absolute atomic E-state index is 12.7. The van der Waals surface area contributed by atoms with Crippen LogP contribution in [0.5, 0.6) is 0 Å². The van der Waals surface area contributed by atoms with Crippen LogP contribution in [0.3, 0.4) is 0 Å². The SMILES string of the molecule is CNc1ccc2c(n1)c(=O)c(C(=O)O)nn2-c1ccc(C(F)(F)F)cc1.Cc1ccc(-n2nc(C(=O)O)c(=O)c3sccc32)cc1. The number of fused-ring (bicyclic) bond motifs is 2. The second-order valence-corrected chi connectivity index (χ2v) is 10.5. The van der Waals surface area contributed by atoms with E-state index in [9.17, 15) is 37.5 Å². The summed E-state index contributed by atoms with van der Waals surface area (Å²) in [5.41, 5.74) is -0.921. The monoisotopic (exact) mass is 650 g/mol. The van der Waals surface area contributed by atoms with Crippen molar-refractivity contribution in [2.45, 2.75) is 13.1 Å². The van der Waals surface area contributed by atoms with Crippen LogP contribution < -0.4 is 16.2 Å². The molecule has 4 aromatic heterocycles. The number of aromatic carboxylic acids is 2. The van der Waals surface area contributed by atoms with Crippen LogP contribution in [0.25, 0.3) is 32.6 Å². The standard InChI is InChI=1S/C16H11F3N4O3.C14H10N2O3S/c1-20-11-7-6-10-12(21-11)14(24)13(15(25)26)22-23(10)9-4-2-8(3-5-9)16(17,18)19;1-8-2-4-9(5-3-8)16-10-6-7-20-13(10)12(17)11(15-16)14(18)19/h2-7H,1H3,(H,20,21)(H,25,26);2-7H,1H3,(H,18,19). The number of pyridine rings is 1. The summed E-state index contributed by atoms with van der Waals surface area (Å²) < 4.78 is 41.1. The van der Waals surface area contributed by atoms with Crippen molar-refractivity contribution in [1.82, 2.24) is 24.5 Å². The summed E-state index contributed by atoms with van der Waals surface area (Å²) >= 11 is 1.22. The third-order valence-electron chi connectivity index (χ3n) is 6.61. The van der Waals surface area contributed by atoms with E-state index < -0.39 is 45.9 Å². The number of alkyl halides is 3. The van der Waals surface area contributed by atoms with E-state index in [0.717, 1.165) is 40.2 Å². The van der Waals surface area contributed by atoms with Gasteiger partial charge in [0, 0.05) is 7.05 Å². The predicted molar refractivity (Wildman–Crippen MR) is 164 cm³/mol. The van der Waals surface area contributed by atoms with Gasteiger partial charge in [0.25, 0.3) is 0 Å². The number of aryl methyl sites for hydroxylation is 1. The number of carboxylic acids is 2. The minimum Gasteiger partial charge on any atom is -0.476 e. The molecular formula is C30H21F3N6O6S. The molecular weight excluding hydrogens is 629 g/mol. The highest BCUT2D eigenvalue weighted by Gasteiger charge is 2.30. The first-order chi connectivity index (χ1) is 21.8. The van der Waals surface area contributed by atoms with Gasteiger partial charge in [0.1, 0.15) is 16.0 Å². The number of carbonyl (C=O) groups is 2. The summed E-state index contributed by atoms with van der Waals surface area (Å²) in [5.74, 6) is -2.54. The van der Waals surface area contributed by atoms with Crippen molar-refractivity contribution >= 4 is 50.3 Å². The molecule has 0 unspecified atom stereocenters. The number of hydrogen-bond donors (Lipinski definition) is 3. The molecule has 12 nitrogen and oxygen atoms in total. The Labute approximate surface area is 259 Å².